The molecule has 17 heavy (non-hydrogen) atoms. The first kappa shape index (κ1) is 12.0. The minimum absolute atomic E-state index is 0.198. The zero-order chi connectivity index (χ0) is 12.3. The summed E-state index contributed by atoms with van der Waals surface area (Å²) in [5, 5.41) is 10.7. The molecule has 0 aliphatic heterocycles. The van der Waals surface area contributed by atoms with E-state index in [9.17, 15) is 10.1 Å². The molecular formula is C13H18N2O2. The van der Waals surface area contributed by atoms with Crippen molar-refractivity contribution in [3.63, 3.8) is 0 Å². The fourth-order valence-electron chi connectivity index (χ4n) is 2.62. The number of nitrogens with two attached hydrogens (primary N) is 1. The summed E-state index contributed by atoms with van der Waals surface area (Å²) < 4.78 is 0. The van der Waals surface area contributed by atoms with Gasteiger partial charge in [-0.3, -0.25) is 10.1 Å². The third-order valence-electron chi connectivity index (χ3n) is 3.73. The largest absolute Gasteiger partial charge is 0.330 e. The Hall–Kier alpha value is -1.42. The van der Waals surface area contributed by atoms with Gasteiger partial charge in [-0.15, -0.1) is 0 Å². The maximum absolute atomic E-state index is 10.7. The van der Waals surface area contributed by atoms with Crippen LogP contribution in [0, 0.1) is 16.0 Å². The van der Waals surface area contributed by atoms with Crippen LogP contribution in [-0.4, -0.2) is 11.5 Å². The highest BCUT2D eigenvalue weighted by Crippen LogP contribution is 2.36. The molecule has 2 rings (SSSR count). The topological polar surface area (TPSA) is 69.2 Å². The van der Waals surface area contributed by atoms with E-state index in [4.69, 9.17) is 5.73 Å². The molecule has 4 nitrogen and oxygen atoms in total. The molecule has 0 unspecified atom stereocenters. The summed E-state index contributed by atoms with van der Waals surface area (Å²) in [5.41, 5.74) is 6.97. The van der Waals surface area contributed by atoms with Gasteiger partial charge in [0.1, 0.15) is 0 Å². The van der Waals surface area contributed by atoms with Gasteiger partial charge in [0.25, 0.3) is 5.69 Å². The molecule has 0 amide bonds. The summed E-state index contributed by atoms with van der Waals surface area (Å²) in [6.07, 6.45) is 4.49. The molecule has 0 bridgehead atoms. The van der Waals surface area contributed by atoms with Crippen LogP contribution in [0.5, 0.6) is 0 Å². The lowest BCUT2D eigenvalue weighted by atomic mass is 9.79. The molecule has 0 radical (unpaired) electrons. The van der Waals surface area contributed by atoms with E-state index < -0.39 is 0 Å². The van der Waals surface area contributed by atoms with E-state index in [1.807, 2.05) is 6.07 Å². The van der Waals surface area contributed by atoms with Crippen LogP contribution in [0.25, 0.3) is 0 Å². The Morgan fingerprint density at radius 2 is 2.00 bits per heavy atom. The molecule has 0 heterocycles. The van der Waals surface area contributed by atoms with Crippen LogP contribution in [0.4, 0.5) is 5.69 Å². The number of nitro benzene ring substituents is 1. The molecule has 92 valence electrons. The fraction of sp³-hybridized carbons (Fsp3) is 0.538. The first-order valence-electron chi connectivity index (χ1n) is 6.15. The van der Waals surface area contributed by atoms with Gasteiger partial charge in [0.05, 0.1) is 4.92 Å². The molecule has 1 aromatic carbocycles. The Balaban J connectivity index is 2.08. The molecule has 0 atom stereocenters. The van der Waals surface area contributed by atoms with Crippen LogP contribution in [0.1, 0.15) is 37.2 Å². The van der Waals surface area contributed by atoms with Crippen molar-refractivity contribution in [1.82, 2.24) is 0 Å². The lowest BCUT2D eigenvalue weighted by molar-refractivity contribution is -0.384. The van der Waals surface area contributed by atoms with Crippen molar-refractivity contribution >= 4 is 5.69 Å². The maximum atomic E-state index is 10.7. The van der Waals surface area contributed by atoms with Crippen molar-refractivity contribution in [3.8, 4) is 0 Å². The molecule has 0 aromatic heterocycles. The summed E-state index contributed by atoms with van der Waals surface area (Å²) >= 11 is 0. The Kier molecular flexibility index (Phi) is 3.74. The predicted molar refractivity (Wildman–Crippen MR) is 66.8 cm³/mol. The van der Waals surface area contributed by atoms with Crippen LogP contribution in [0.2, 0.25) is 0 Å². The number of nitrogens with zero attached hydrogens (tertiary/aromatic N) is 1. The Morgan fingerprint density at radius 1 is 1.29 bits per heavy atom. The Morgan fingerprint density at radius 3 is 2.59 bits per heavy atom. The average Bonchev–Trinajstić information content (AvgIpc) is 2.39. The quantitative estimate of drug-likeness (QED) is 0.645. The van der Waals surface area contributed by atoms with E-state index in [1.165, 1.54) is 0 Å². The van der Waals surface area contributed by atoms with Gasteiger partial charge < -0.3 is 5.73 Å². The zero-order valence-electron chi connectivity index (χ0n) is 9.84. The smallest absolute Gasteiger partial charge is 0.269 e. The summed E-state index contributed by atoms with van der Waals surface area (Å²) in [7, 11) is 0. The molecule has 4 heteroatoms. The lowest BCUT2D eigenvalue weighted by Crippen LogP contribution is -2.20. The third-order valence-corrected chi connectivity index (χ3v) is 3.73. The molecule has 1 aliphatic carbocycles. The summed E-state index contributed by atoms with van der Waals surface area (Å²) in [4.78, 5) is 10.4. The highest BCUT2D eigenvalue weighted by atomic mass is 16.6. The maximum Gasteiger partial charge on any atom is 0.269 e. The van der Waals surface area contributed by atoms with Crippen molar-refractivity contribution in [2.24, 2.45) is 11.7 Å². The van der Waals surface area contributed by atoms with Gasteiger partial charge >= 0.3 is 0 Å². The SMILES string of the molecule is NCC1CCC(c2cccc([N+](=O)[O-])c2)CC1. The van der Waals surface area contributed by atoms with Gasteiger partial charge in [0.2, 0.25) is 0 Å². The van der Waals surface area contributed by atoms with Crippen LogP contribution >= 0.6 is 0 Å². The van der Waals surface area contributed by atoms with E-state index in [1.54, 1.807) is 18.2 Å². The minimum atomic E-state index is -0.324. The van der Waals surface area contributed by atoms with Gasteiger partial charge in [-0.1, -0.05) is 12.1 Å². The number of rotatable bonds is 3. The molecule has 1 fully saturated rings. The highest BCUT2D eigenvalue weighted by molar-refractivity contribution is 5.36. The summed E-state index contributed by atoms with van der Waals surface area (Å²) in [5.74, 6) is 1.11. The number of benzene rings is 1. The monoisotopic (exact) mass is 234 g/mol. The fourth-order valence-corrected chi connectivity index (χ4v) is 2.62. The van der Waals surface area contributed by atoms with Gasteiger partial charge in [-0.05, 0) is 49.6 Å². The standard InChI is InChI=1S/C13H18N2O2/c14-9-10-4-6-11(7-5-10)12-2-1-3-13(8-12)15(16)17/h1-3,8,10-11H,4-7,9,14H2. The van der Waals surface area contributed by atoms with E-state index in [2.05, 4.69) is 0 Å². The predicted octanol–water partition coefficient (Wildman–Crippen LogP) is 2.83. The molecule has 0 saturated heterocycles. The van der Waals surface area contributed by atoms with Crippen molar-refractivity contribution in [1.29, 1.82) is 0 Å². The number of hydrogen-bond acceptors (Lipinski definition) is 3. The normalized spacial score (nSPS) is 24.5. The van der Waals surface area contributed by atoms with Crippen LogP contribution < -0.4 is 5.73 Å². The Bertz CT molecular complexity index is 398. The van der Waals surface area contributed by atoms with Crippen LogP contribution in [0.3, 0.4) is 0 Å². The number of non-ortho nitro benzene ring substituents is 1. The summed E-state index contributed by atoms with van der Waals surface area (Å²) in [6.45, 7) is 0.766. The minimum Gasteiger partial charge on any atom is -0.330 e. The van der Waals surface area contributed by atoms with E-state index in [0.29, 0.717) is 11.8 Å². The van der Waals surface area contributed by atoms with Gasteiger partial charge in [-0.2, -0.15) is 0 Å². The summed E-state index contributed by atoms with van der Waals surface area (Å²) in [6, 6.07) is 7.05. The van der Waals surface area contributed by atoms with Gasteiger partial charge in [0.15, 0.2) is 0 Å². The van der Waals surface area contributed by atoms with E-state index >= 15 is 0 Å². The molecule has 2 N–H and O–H groups in total. The van der Waals surface area contributed by atoms with Crippen molar-refractivity contribution in [2.45, 2.75) is 31.6 Å². The molecule has 1 aromatic rings. The molecule has 1 saturated carbocycles. The highest BCUT2D eigenvalue weighted by Gasteiger charge is 2.22. The zero-order valence-corrected chi connectivity index (χ0v) is 9.84. The third kappa shape index (κ3) is 2.82. The first-order chi connectivity index (χ1) is 8.20. The molecule has 0 spiro atoms. The van der Waals surface area contributed by atoms with E-state index in [0.717, 1.165) is 37.8 Å². The lowest BCUT2D eigenvalue weighted by Gasteiger charge is -2.27. The Labute approximate surface area is 101 Å². The van der Waals surface area contributed by atoms with Crippen molar-refractivity contribution in [3.05, 3.63) is 39.9 Å². The van der Waals surface area contributed by atoms with Gasteiger partial charge in [-0.25, -0.2) is 0 Å². The van der Waals surface area contributed by atoms with Crippen molar-refractivity contribution < 1.29 is 4.92 Å². The second-order valence-electron chi connectivity index (χ2n) is 4.81. The van der Waals surface area contributed by atoms with Crippen LogP contribution in [-0.2, 0) is 0 Å². The number of hydrogen-bond donors (Lipinski definition) is 1. The van der Waals surface area contributed by atoms with Crippen LogP contribution in [0.15, 0.2) is 24.3 Å². The second kappa shape index (κ2) is 5.27. The average molecular weight is 234 g/mol. The molecular weight excluding hydrogens is 216 g/mol. The van der Waals surface area contributed by atoms with E-state index in [-0.39, 0.29) is 10.6 Å². The van der Waals surface area contributed by atoms with Crippen molar-refractivity contribution in [2.75, 3.05) is 6.54 Å². The molecule has 1 aliphatic rings. The van der Waals surface area contributed by atoms with Gasteiger partial charge in [0, 0.05) is 12.1 Å². The first-order valence-corrected chi connectivity index (χ1v) is 6.15. The number of nitro groups is 1. The second-order valence-corrected chi connectivity index (χ2v) is 4.81.